The van der Waals surface area contributed by atoms with Gasteiger partial charge in [0.25, 0.3) is 10.2 Å². The summed E-state index contributed by atoms with van der Waals surface area (Å²) in [6, 6.07) is 0. The van der Waals surface area contributed by atoms with Gasteiger partial charge in [-0.1, -0.05) is 0 Å². The Kier molecular flexibility index (Phi) is 6.30. The number of methoxy groups -OCH3 is 1. The molecule has 15 heavy (non-hydrogen) atoms. The first-order valence-electron chi connectivity index (χ1n) is 4.80. The summed E-state index contributed by atoms with van der Waals surface area (Å²) in [5.74, 6) is 0. The number of nitrogens with one attached hydrogen (secondary N) is 2. The van der Waals surface area contributed by atoms with Gasteiger partial charge in [-0.3, -0.25) is 0 Å². The van der Waals surface area contributed by atoms with E-state index in [1.54, 1.807) is 13.8 Å². The van der Waals surface area contributed by atoms with Gasteiger partial charge in [0.15, 0.2) is 0 Å². The fourth-order valence-electron chi connectivity index (χ4n) is 1.09. The highest BCUT2D eigenvalue weighted by molar-refractivity contribution is 7.87. The van der Waals surface area contributed by atoms with Crippen LogP contribution in [0.15, 0.2) is 0 Å². The lowest BCUT2D eigenvalue weighted by Gasteiger charge is -2.25. The molecule has 0 rings (SSSR count). The third-order valence-corrected chi connectivity index (χ3v) is 3.18. The first-order chi connectivity index (χ1) is 6.83. The van der Waals surface area contributed by atoms with Gasteiger partial charge in [-0.15, -0.1) is 0 Å². The van der Waals surface area contributed by atoms with Crippen molar-refractivity contribution in [1.82, 2.24) is 9.44 Å². The Morgan fingerprint density at radius 3 is 2.47 bits per heavy atom. The Bertz CT molecular complexity index is 264. The van der Waals surface area contributed by atoms with Gasteiger partial charge < -0.3 is 10.5 Å². The predicted molar refractivity (Wildman–Crippen MR) is 59.7 cm³/mol. The minimum Gasteiger partial charge on any atom is -0.383 e. The maximum absolute atomic E-state index is 11.5. The largest absolute Gasteiger partial charge is 0.383 e. The molecule has 0 aromatic rings. The number of hydrogen-bond donors (Lipinski definition) is 3. The van der Waals surface area contributed by atoms with Crippen LogP contribution in [0.25, 0.3) is 0 Å². The lowest BCUT2D eigenvalue weighted by Crippen LogP contribution is -2.50. The van der Waals surface area contributed by atoms with Crippen molar-refractivity contribution >= 4 is 10.2 Å². The molecule has 0 spiro atoms. The van der Waals surface area contributed by atoms with Crippen molar-refractivity contribution in [2.75, 3.05) is 26.8 Å². The summed E-state index contributed by atoms with van der Waals surface area (Å²) in [7, 11) is -1.96. The molecule has 0 heterocycles. The van der Waals surface area contributed by atoms with E-state index >= 15 is 0 Å². The van der Waals surface area contributed by atoms with Gasteiger partial charge >= 0.3 is 0 Å². The van der Waals surface area contributed by atoms with Crippen molar-refractivity contribution in [2.45, 2.75) is 25.8 Å². The molecule has 0 atom stereocenters. The van der Waals surface area contributed by atoms with E-state index in [4.69, 9.17) is 10.5 Å². The third-order valence-electron chi connectivity index (χ3n) is 1.78. The first kappa shape index (κ1) is 14.8. The Hall–Kier alpha value is -0.210. The van der Waals surface area contributed by atoms with Crippen LogP contribution in [0.1, 0.15) is 20.3 Å². The molecule has 0 aliphatic heterocycles. The molecule has 6 nitrogen and oxygen atoms in total. The van der Waals surface area contributed by atoms with Crippen molar-refractivity contribution in [1.29, 1.82) is 0 Å². The van der Waals surface area contributed by atoms with E-state index in [-0.39, 0.29) is 6.54 Å². The molecule has 0 radical (unpaired) electrons. The molecule has 0 aromatic carbocycles. The molecule has 0 bridgehead atoms. The number of hydrogen-bond acceptors (Lipinski definition) is 4. The quantitative estimate of drug-likeness (QED) is 0.483. The van der Waals surface area contributed by atoms with E-state index < -0.39 is 15.7 Å². The lowest BCUT2D eigenvalue weighted by molar-refractivity contribution is 0.204. The summed E-state index contributed by atoms with van der Waals surface area (Å²) in [5, 5.41) is 0. The highest BCUT2D eigenvalue weighted by atomic mass is 32.2. The summed E-state index contributed by atoms with van der Waals surface area (Å²) >= 11 is 0. The van der Waals surface area contributed by atoms with E-state index in [0.717, 1.165) is 0 Å². The summed E-state index contributed by atoms with van der Waals surface area (Å²) in [5.41, 5.74) is 4.85. The van der Waals surface area contributed by atoms with Crippen molar-refractivity contribution in [3.8, 4) is 0 Å². The van der Waals surface area contributed by atoms with Crippen LogP contribution in [0.4, 0.5) is 0 Å². The van der Waals surface area contributed by atoms with Crippen LogP contribution in [0.3, 0.4) is 0 Å². The van der Waals surface area contributed by atoms with Crippen LogP contribution in [0.5, 0.6) is 0 Å². The number of nitrogens with two attached hydrogens (primary N) is 1. The zero-order chi connectivity index (χ0) is 11.9. The predicted octanol–water partition coefficient (Wildman–Crippen LogP) is -0.816. The second-order valence-corrected chi connectivity index (χ2v) is 5.41. The maximum Gasteiger partial charge on any atom is 0.277 e. The number of rotatable bonds is 8. The van der Waals surface area contributed by atoms with Gasteiger partial charge in [0.2, 0.25) is 0 Å². The van der Waals surface area contributed by atoms with Gasteiger partial charge in [-0.2, -0.15) is 17.9 Å². The fourth-order valence-corrected chi connectivity index (χ4v) is 2.34. The Labute approximate surface area is 91.7 Å². The van der Waals surface area contributed by atoms with Crippen LogP contribution < -0.4 is 15.2 Å². The Morgan fingerprint density at radius 2 is 2.00 bits per heavy atom. The van der Waals surface area contributed by atoms with Crippen LogP contribution in [0.2, 0.25) is 0 Å². The van der Waals surface area contributed by atoms with Gasteiger partial charge in [-0.25, -0.2) is 0 Å². The molecule has 0 saturated heterocycles. The molecule has 0 saturated carbocycles. The minimum absolute atomic E-state index is 0.255. The first-order valence-corrected chi connectivity index (χ1v) is 6.29. The van der Waals surface area contributed by atoms with Crippen molar-refractivity contribution in [2.24, 2.45) is 5.73 Å². The minimum atomic E-state index is -3.47. The third kappa shape index (κ3) is 7.69. The summed E-state index contributed by atoms with van der Waals surface area (Å²) < 4.78 is 32.6. The lowest BCUT2D eigenvalue weighted by atomic mass is 10.0. The number of ether oxygens (including phenoxy) is 1. The van der Waals surface area contributed by atoms with Crippen LogP contribution in [-0.4, -0.2) is 40.8 Å². The highest BCUT2D eigenvalue weighted by Crippen LogP contribution is 2.07. The standard InChI is InChI=1S/C8H21N3O3S/c1-8(2,4-5-9)11-15(12,13)10-6-7-14-3/h10-11H,4-7,9H2,1-3H3. The van der Waals surface area contributed by atoms with E-state index in [0.29, 0.717) is 19.6 Å². The normalized spacial score (nSPS) is 13.1. The summed E-state index contributed by atoms with van der Waals surface area (Å²) in [4.78, 5) is 0. The Morgan fingerprint density at radius 1 is 1.40 bits per heavy atom. The van der Waals surface area contributed by atoms with Gasteiger partial charge in [0, 0.05) is 19.2 Å². The SMILES string of the molecule is COCCNS(=O)(=O)NC(C)(C)CCN. The summed E-state index contributed by atoms with van der Waals surface area (Å²) in [6.07, 6.45) is 0.582. The van der Waals surface area contributed by atoms with Gasteiger partial charge in [0.05, 0.1) is 6.61 Å². The molecular formula is C8H21N3O3S. The second-order valence-electron chi connectivity index (χ2n) is 3.92. The van der Waals surface area contributed by atoms with E-state index in [1.165, 1.54) is 7.11 Å². The van der Waals surface area contributed by atoms with Crippen LogP contribution >= 0.6 is 0 Å². The molecule has 0 aliphatic carbocycles. The van der Waals surface area contributed by atoms with Gasteiger partial charge in [-0.05, 0) is 26.8 Å². The van der Waals surface area contributed by atoms with E-state index in [9.17, 15) is 8.42 Å². The second kappa shape index (κ2) is 6.39. The molecule has 0 amide bonds. The highest BCUT2D eigenvalue weighted by Gasteiger charge is 2.23. The van der Waals surface area contributed by atoms with Gasteiger partial charge in [0.1, 0.15) is 0 Å². The molecule has 0 fully saturated rings. The molecule has 0 aliphatic rings. The maximum atomic E-state index is 11.5. The van der Waals surface area contributed by atoms with E-state index in [1.807, 2.05) is 0 Å². The topological polar surface area (TPSA) is 93.4 Å². The molecular weight excluding hydrogens is 218 g/mol. The Balaban J connectivity index is 4.13. The summed E-state index contributed by atoms with van der Waals surface area (Å²) in [6.45, 7) is 4.61. The smallest absolute Gasteiger partial charge is 0.277 e. The van der Waals surface area contributed by atoms with E-state index in [2.05, 4.69) is 9.44 Å². The van der Waals surface area contributed by atoms with Crippen molar-refractivity contribution < 1.29 is 13.2 Å². The van der Waals surface area contributed by atoms with Crippen LogP contribution in [-0.2, 0) is 14.9 Å². The molecule has 92 valence electrons. The average molecular weight is 239 g/mol. The van der Waals surface area contributed by atoms with Crippen molar-refractivity contribution in [3.05, 3.63) is 0 Å². The average Bonchev–Trinajstić information content (AvgIpc) is 2.01. The molecule has 0 unspecified atom stereocenters. The zero-order valence-electron chi connectivity index (χ0n) is 9.54. The molecule has 0 aromatic heterocycles. The fraction of sp³-hybridized carbons (Fsp3) is 1.00. The zero-order valence-corrected chi connectivity index (χ0v) is 10.4. The van der Waals surface area contributed by atoms with Crippen LogP contribution in [0, 0.1) is 0 Å². The molecule has 4 N–H and O–H groups in total. The monoisotopic (exact) mass is 239 g/mol. The molecule has 7 heteroatoms. The van der Waals surface area contributed by atoms with Crippen molar-refractivity contribution in [3.63, 3.8) is 0 Å².